The normalized spacial score (nSPS) is 10.6. The van der Waals surface area contributed by atoms with Crippen molar-refractivity contribution in [3.63, 3.8) is 0 Å². The lowest BCUT2D eigenvalue weighted by Gasteiger charge is -1.98. The third kappa shape index (κ3) is 1.58. The fraction of sp³-hybridized carbons (Fsp3) is 0. The summed E-state index contributed by atoms with van der Waals surface area (Å²) in [6.07, 6.45) is 1.51. The molecule has 1 heterocycles. The number of H-pyrrole nitrogens is 1. The fourth-order valence-electron chi connectivity index (χ4n) is 1.17. The number of fused-ring (bicyclic) bond motifs is 1. The van der Waals surface area contributed by atoms with E-state index in [2.05, 4.69) is 27.6 Å². The van der Waals surface area contributed by atoms with Crippen LogP contribution in [0.5, 0.6) is 0 Å². The maximum Gasteiger partial charge on any atom is 0.207 e. The number of hydrogen-bond acceptors (Lipinski definition) is 1. The SMILES string of the molecule is O=c1c(Cl)c[nH]c2ccc(I)cc12. The van der Waals surface area contributed by atoms with E-state index in [1.165, 1.54) is 6.20 Å². The Morgan fingerprint density at radius 3 is 2.92 bits per heavy atom. The van der Waals surface area contributed by atoms with Gasteiger partial charge in [0.05, 0.1) is 0 Å². The van der Waals surface area contributed by atoms with E-state index >= 15 is 0 Å². The first-order chi connectivity index (χ1) is 6.18. The van der Waals surface area contributed by atoms with E-state index in [0.717, 1.165) is 9.09 Å². The number of hydrogen-bond donors (Lipinski definition) is 1. The average Bonchev–Trinajstić information content (AvgIpc) is 2.12. The second kappa shape index (κ2) is 3.31. The molecule has 0 radical (unpaired) electrons. The van der Waals surface area contributed by atoms with Gasteiger partial charge in [-0.1, -0.05) is 11.6 Å². The van der Waals surface area contributed by atoms with E-state index in [-0.39, 0.29) is 10.5 Å². The first-order valence-electron chi connectivity index (χ1n) is 3.65. The monoisotopic (exact) mass is 305 g/mol. The van der Waals surface area contributed by atoms with Gasteiger partial charge >= 0.3 is 0 Å². The Morgan fingerprint density at radius 1 is 1.38 bits per heavy atom. The van der Waals surface area contributed by atoms with Crippen molar-refractivity contribution in [2.45, 2.75) is 0 Å². The van der Waals surface area contributed by atoms with Gasteiger partial charge in [-0.3, -0.25) is 4.79 Å². The number of aromatic amines is 1. The zero-order valence-electron chi connectivity index (χ0n) is 6.47. The van der Waals surface area contributed by atoms with Gasteiger partial charge in [0.1, 0.15) is 5.02 Å². The molecule has 0 aliphatic carbocycles. The van der Waals surface area contributed by atoms with Crippen LogP contribution in [0.15, 0.2) is 29.2 Å². The van der Waals surface area contributed by atoms with Crippen LogP contribution >= 0.6 is 34.2 Å². The van der Waals surface area contributed by atoms with Crippen LogP contribution in [0.4, 0.5) is 0 Å². The summed E-state index contributed by atoms with van der Waals surface area (Å²) in [6.45, 7) is 0. The molecule has 0 saturated carbocycles. The number of pyridine rings is 1. The lowest BCUT2D eigenvalue weighted by atomic mass is 10.2. The van der Waals surface area contributed by atoms with Gasteiger partial charge in [-0.15, -0.1) is 0 Å². The fourth-order valence-corrected chi connectivity index (χ4v) is 1.81. The Morgan fingerprint density at radius 2 is 2.15 bits per heavy atom. The average molecular weight is 306 g/mol. The Hall–Kier alpha value is -0.550. The summed E-state index contributed by atoms with van der Waals surface area (Å²) in [5.74, 6) is 0. The molecule has 66 valence electrons. The van der Waals surface area contributed by atoms with Crippen molar-refractivity contribution in [3.05, 3.63) is 43.2 Å². The van der Waals surface area contributed by atoms with E-state index in [9.17, 15) is 4.79 Å². The lowest BCUT2D eigenvalue weighted by Crippen LogP contribution is -2.02. The second-order valence-electron chi connectivity index (χ2n) is 2.66. The van der Waals surface area contributed by atoms with Crippen molar-refractivity contribution in [1.82, 2.24) is 4.98 Å². The molecule has 0 aliphatic heterocycles. The molecule has 0 spiro atoms. The van der Waals surface area contributed by atoms with E-state index in [4.69, 9.17) is 11.6 Å². The molecule has 1 aromatic carbocycles. The standard InChI is InChI=1S/C9H5ClINO/c10-7-4-12-8-2-1-5(11)3-6(8)9(7)13/h1-4H,(H,12,13). The van der Waals surface area contributed by atoms with Crippen molar-refractivity contribution in [2.75, 3.05) is 0 Å². The molecule has 0 aliphatic rings. The van der Waals surface area contributed by atoms with Crippen molar-refractivity contribution in [3.8, 4) is 0 Å². The van der Waals surface area contributed by atoms with Crippen LogP contribution in [0.25, 0.3) is 10.9 Å². The molecule has 0 unspecified atom stereocenters. The maximum absolute atomic E-state index is 11.5. The van der Waals surface area contributed by atoms with Gasteiger partial charge in [0.25, 0.3) is 0 Å². The molecule has 0 amide bonds. The molecular weight excluding hydrogens is 300 g/mol. The van der Waals surface area contributed by atoms with Crippen molar-refractivity contribution >= 4 is 45.1 Å². The number of aromatic nitrogens is 1. The summed E-state index contributed by atoms with van der Waals surface area (Å²) in [5, 5.41) is 0.869. The summed E-state index contributed by atoms with van der Waals surface area (Å²) in [6, 6.07) is 5.63. The minimum absolute atomic E-state index is 0.117. The Labute approximate surface area is 93.1 Å². The molecule has 0 atom stereocenters. The summed E-state index contributed by atoms with van der Waals surface area (Å²) in [4.78, 5) is 14.5. The molecule has 1 N–H and O–H groups in total. The highest BCUT2D eigenvalue weighted by molar-refractivity contribution is 14.1. The number of benzene rings is 1. The predicted molar refractivity (Wildman–Crippen MR) is 62.3 cm³/mol. The van der Waals surface area contributed by atoms with Crippen LogP contribution in [-0.2, 0) is 0 Å². The predicted octanol–water partition coefficient (Wildman–Crippen LogP) is 2.79. The molecule has 4 heteroatoms. The molecule has 0 saturated heterocycles. The summed E-state index contributed by atoms with van der Waals surface area (Å²) in [7, 11) is 0. The van der Waals surface area contributed by atoms with Crippen molar-refractivity contribution in [2.24, 2.45) is 0 Å². The van der Waals surface area contributed by atoms with Crippen LogP contribution in [0.1, 0.15) is 0 Å². The third-order valence-corrected chi connectivity index (χ3v) is 2.75. The highest BCUT2D eigenvalue weighted by atomic mass is 127. The van der Waals surface area contributed by atoms with Crippen molar-refractivity contribution < 1.29 is 0 Å². The van der Waals surface area contributed by atoms with Gasteiger partial charge in [0.2, 0.25) is 5.43 Å². The quantitative estimate of drug-likeness (QED) is 0.746. The molecule has 2 rings (SSSR count). The first kappa shape index (κ1) is 9.02. The molecule has 0 bridgehead atoms. The lowest BCUT2D eigenvalue weighted by molar-refractivity contribution is 1.39. The summed E-state index contributed by atoms with van der Waals surface area (Å²) >= 11 is 7.85. The number of nitrogens with one attached hydrogen (secondary N) is 1. The Kier molecular flexibility index (Phi) is 2.29. The van der Waals surface area contributed by atoms with Gasteiger partial charge in [0, 0.05) is 20.7 Å². The largest absolute Gasteiger partial charge is 0.360 e. The van der Waals surface area contributed by atoms with Crippen LogP contribution < -0.4 is 5.43 Å². The van der Waals surface area contributed by atoms with Crippen LogP contribution in [0, 0.1) is 3.57 Å². The van der Waals surface area contributed by atoms with Crippen LogP contribution in [-0.4, -0.2) is 4.98 Å². The minimum atomic E-state index is -0.117. The van der Waals surface area contributed by atoms with E-state index in [1.807, 2.05) is 18.2 Å². The molecular formula is C9H5ClINO. The van der Waals surface area contributed by atoms with Gasteiger partial charge in [-0.2, -0.15) is 0 Å². The summed E-state index contributed by atoms with van der Waals surface area (Å²) < 4.78 is 1.03. The second-order valence-corrected chi connectivity index (χ2v) is 4.31. The molecule has 0 fully saturated rings. The highest BCUT2D eigenvalue weighted by Crippen LogP contribution is 2.13. The van der Waals surface area contributed by atoms with Gasteiger partial charge in [-0.05, 0) is 40.8 Å². The molecule has 1 aromatic heterocycles. The highest BCUT2D eigenvalue weighted by Gasteiger charge is 2.02. The zero-order chi connectivity index (χ0) is 9.42. The Balaban J connectivity index is 2.97. The maximum atomic E-state index is 11.5. The topological polar surface area (TPSA) is 32.9 Å². The molecule has 2 aromatic rings. The zero-order valence-corrected chi connectivity index (χ0v) is 9.39. The van der Waals surface area contributed by atoms with E-state index in [0.29, 0.717) is 5.39 Å². The van der Waals surface area contributed by atoms with Crippen LogP contribution in [0.2, 0.25) is 5.02 Å². The van der Waals surface area contributed by atoms with Gasteiger partial charge in [0.15, 0.2) is 0 Å². The Bertz CT molecular complexity index is 515. The third-order valence-electron chi connectivity index (χ3n) is 1.80. The molecule has 13 heavy (non-hydrogen) atoms. The van der Waals surface area contributed by atoms with Crippen molar-refractivity contribution in [1.29, 1.82) is 0 Å². The van der Waals surface area contributed by atoms with E-state index < -0.39 is 0 Å². The van der Waals surface area contributed by atoms with E-state index in [1.54, 1.807) is 0 Å². The van der Waals surface area contributed by atoms with Crippen LogP contribution in [0.3, 0.4) is 0 Å². The first-order valence-corrected chi connectivity index (χ1v) is 5.10. The van der Waals surface area contributed by atoms with Gasteiger partial charge < -0.3 is 4.98 Å². The summed E-state index contributed by atoms with van der Waals surface area (Å²) in [5.41, 5.74) is 0.698. The number of halogens is 2. The molecule has 2 nitrogen and oxygen atoms in total. The number of rotatable bonds is 0. The smallest absolute Gasteiger partial charge is 0.207 e. The van der Waals surface area contributed by atoms with Gasteiger partial charge in [-0.25, -0.2) is 0 Å². The minimum Gasteiger partial charge on any atom is -0.360 e.